The average Bonchev–Trinajstić information content (AvgIpc) is 2.90. The molecule has 0 bridgehead atoms. The van der Waals surface area contributed by atoms with Gasteiger partial charge in [0.15, 0.2) is 0 Å². The van der Waals surface area contributed by atoms with Gasteiger partial charge in [0.05, 0.1) is 5.69 Å². The maximum atomic E-state index is 11.4. The molecule has 1 aromatic carbocycles. The van der Waals surface area contributed by atoms with E-state index in [4.69, 9.17) is 0 Å². The summed E-state index contributed by atoms with van der Waals surface area (Å²) < 4.78 is 2.99. The van der Waals surface area contributed by atoms with E-state index in [1.165, 1.54) is 0 Å². The van der Waals surface area contributed by atoms with Gasteiger partial charge in [-0.25, -0.2) is 4.98 Å². The first-order chi connectivity index (χ1) is 10.2. The van der Waals surface area contributed by atoms with Crippen LogP contribution in [0.4, 0.5) is 5.69 Å². The standard InChI is InChI=1S/C16H14BrN3O/c1-2-16(21)18-13-6-3-11(4-7-13)14-10-20-9-12(17)5-8-15(20)19-14/h3-10H,2H2,1H3,(H,18,21). The second kappa shape index (κ2) is 5.69. The summed E-state index contributed by atoms with van der Waals surface area (Å²) >= 11 is 3.45. The highest BCUT2D eigenvalue weighted by molar-refractivity contribution is 9.10. The number of benzene rings is 1. The average molecular weight is 344 g/mol. The molecule has 0 fully saturated rings. The molecule has 0 saturated heterocycles. The van der Waals surface area contributed by atoms with Crippen LogP contribution in [0.15, 0.2) is 53.3 Å². The third-order valence-corrected chi connectivity index (χ3v) is 3.67. The number of halogens is 1. The van der Waals surface area contributed by atoms with Gasteiger partial charge in [-0.1, -0.05) is 19.1 Å². The fourth-order valence-electron chi connectivity index (χ4n) is 2.08. The molecular weight excluding hydrogens is 330 g/mol. The number of hydrogen-bond acceptors (Lipinski definition) is 2. The van der Waals surface area contributed by atoms with E-state index in [0.29, 0.717) is 6.42 Å². The van der Waals surface area contributed by atoms with Gasteiger partial charge in [-0.05, 0) is 40.2 Å². The minimum absolute atomic E-state index is 0.0142. The molecule has 4 nitrogen and oxygen atoms in total. The summed E-state index contributed by atoms with van der Waals surface area (Å²) in [5, 5.41) is 2.83. The summed E-state index contributed by atoms with van der Waals surface area (Å²) in [7, 11) is 0. The predicted molar refractivity (Wildman–Crippen MR) is 87.2 cm³/mol. The Morgan fingerprint density at radius 3 is 2.67 bits per heavy atom. The summed E-state index contributed by atoms with van der Waals surface area (Å²) in [5.41, 5.74) is 3.62. The normalized spacial score (nSPS) is 10.8. The zero-order valence-electron chi connectivity index (χ0n) is 11.5. The monoisotopic (exact) mass is 343 g/mol. The van der Waals surface area contributed by atoms with E-state index in [2.05, 4.69) is 26.2 Å². The van der Waals surface area contributed by atoms with E-state index < -0.39 is 0 Å². The maximum Gasteiger partial charge on any atom is 0.224 e. The van der Waals surface area contributed by atoms with Crippen LogP contribution in [0.25, 0.3) is 16.9 Å². The third kappa shape index (κ3) is 2.97. The molecule has 5 heteroatoms. The van der Waals surface area contributed by atoms with Crippen molar-refractivity contribution in [2.24, 2.45) is 0 Å². The van der Waals surface area contributed by atoms with Gasteiger partial charge >= 0.3 is 0 Å². The van der Waals surface area contributed by atoms with E-state index in [9.17, 15) is 4.79 Å². The number of imidazole rings is 1. The summed E-state index contributed by atoms with van der Waals surface area (Å²) in [6, 6.07) is 11.6. The van der Waals surface area contributed by atoms with E-state index in [-0.39, 0.29) is 5.91 Å². The van der Waals surface area contributed by atoms with Crippen molar-refractivity contribution < 1.29 is 4.79 Å². The zero-order chi connectivity index (χ0) is 14.8. The molecule has 0 aliphatic heterocycles. The Morgan fingerprint density at radius 1 is 1.19 bits per heavy atom. The van der Waals surface area contributed by atoms with E-state index in [1.54, 1.807) is 0 Å². The number of nitrogens with zero attached hydrogens (tertiary/aromatic N) is 2. The van der Waals surface area contributed by atoms with Crippen LogP contribution in [-0.2, 0) is 4.79 Å². The first kappa shape index (κ1) is 13.8. The zero-order valence-corrected chi connectivity index (χ0v) is 13.1. The lowest BCUT2D eigenvalue weighted by molar-refractivity contribution is -0.115. The molecule has 2 aromatic heterocycles. The van der Waals surface area contributed by atoms with Crippen LogP contribution >= 0.6 is 15.9 Å². The van der Waals surface area contributed by atoms with Crippen LogP contribution in [0.1, 0.15) is 13.3 Å². The Bertz CT molecular complexity index is 793. The number of carbonyl (C=O) groups is 1. The summed E-state index contributed by atoms with van der Waals surface area (Å²) in [6.07, 6.45) is 4.43. The van der Waals surface area contributed by atoms with Gasteiger partial charge in [-0.3, -0.25) is 4.79 Å². The van der Waals surface area contributed by atoms with Crippen molar-refractivity contribution in [3.05, 3.63) is 53.3 Å². The lowest BCUT2D eigenvalue weighted by Gasteiger charge is -2.03. The van der Waals surface area contributed by atoms with Crippen molar-refractivity contribution in [2.45, 2.75) is 13.3 Å². The molecule has 3 rings (SSSR count). The van der Waals surface area contributed by atoms with Crippen LogP contribution in [0, 0.1) is 0 Å². The molecule has 0 saturated carbocycles. The number of anilines is 1. The number of pyridine rings is 1. The van der Waals surface area contributed by atoms with Gasteiger partial charge in [-0.2, -0.15) is 0 Å². The molecular formula is C16H14BrN3O. The van der Waals surface area contributed by atoms with Crippen LogP contribution < -0.4 is 5.32 Å². The van der Waals surface area contributed by atoms with Crippen molar-refractivity contribution in [1.29, 1.82) is 0 Å². The molecule has 0 unspecified atom stereocenters. The van der Waals surface area contributed by atoms with E-state index in [1.807, 2.05) is 60.1 Å². The van der Waals surface area contributed by atoms with Crippen molar-refractivity contribution in [3.8, 4) is 11.3 Å². The summed E-state index contributed by atoms with van der Waals surface area (Å²) in [5.74, 6) is 0.0142. The lowest BCUT2D eigenvalue weighted by Crippen LogP contribution is -2.08. The van der Waals surface area contributed by atoms with Crippen molar-refractivity contribution >= 4 is 33.2 Å². The largest absolute Gasteiger partial charge is 0.326 e. The van der Waals surface area contributed by atoms with E-state index in [0.717, 1.165) is 27.1 Å². The molecule has 1 amide bonds. The molecule has 0 radical (unpaired) electrons. The Kier molecular flexibility index (Phi) is 3.75. The van der Waals surface area contributed by atoms with Gasteiger partial charge in [0, 0.05) is 34.5 Å². The van der Waals surface area contributed by atoms with Gasteiger partial charge < -0.3 is 9.72 Å². The molecule has 0 spiro atoms. The Balaban J connectivity index is 1.90. The smallest absolute Gasteiger partial charge is 0.224 e. The number of aromatic nitrogens is 2. The molecule has 0 aliphatic rings. The van der Waals surface area contributed by atoms with Crippen molar-refractivity contribution in [1.82, 2.24) is 9.38 Å². The van der Waals surface area contributed by atoms with E-state index >= 15 is 0 Å². The van der Waals surface area contributed by atoms with Crippen LogP contribution in [-0.4, -0.2) is 15.3 Å². The van der Waals surface area contributed by atoms with Crippen LogP contribution in [0.3, 0.4) is 0 Å². The predicted octanol–water partition coefficient (Wildman–Crippen LogP) is 4.11. The maximum absolute atomic E-state index is 11.4. The quantitative estimate of drug-likeness (QED) is 0.777. The van der Waals surface area contributed by atoms with Crippen molar-refractivity contribution in [2.75, 3.05) is 5.32 Å². The first-order valence-electron chi connectivity index (χ1n) is 6.70. The molecule has 106 valence electrons. The van der Waals surface area contributed by atoms with Gasteiger partial charge in [0.2, 0.25) is 5.91 Å². The molecule has 1 N–H and O–H groups in total. The van der Waals surface area contributed by atoms with Crippen LogP contribution in [0.2, 0.25) is 0 Å². The topological polar surface area (TPSA) is 46.4 Å². The highest BCUT2D eigenvalue weighted by Crippen LogP contribution is 2.22. The number of nitrogens with one attached hydrogen (secondary N) is 1. The van der Waals surface area contributed by atoms with Gasteiger partial charge in [-0.15, -0.1) is 0 Å². The van der Waals surface area contributed by atoms with Crippen LogP contribution in [0.5, 0.6) is 0 Å². The number of rotatable bonds is 3. The Morgan fingerprint density at radius 2 is 1.95 bits per heavy atom. The summed E-state index contributed by atoms with van der Waals surface area (Å²) in [4.78, 5) is 15.9. The second-order valence-electron chi connectivity index (χ2n) is 4.72. The fraction of sp³-hybridized carbons (Fsp3) is 0.125. The van der Waals surface area contributed by atoms with Gasteiger partial charge in [0.25, 0.3) is 0 Å². The fourth-order valence-corrected chi connectivity index (χ4v) is 2.43. The summed E-state index contributed by atoms with van der Waals surface area (Å²) in [6.45, 7) is 1.83. The number of fused-ring (bicyclic) bond motifs is 1. The molecule has 0 atom stereocenters. The third-order valence-electron chi connectivity index (χ3n) is 3.20. The molecule has 0 aliphatic carbocycles. The number of amides is 1. The Labute approximate surface area is 131 Å². The lowest BCUT2D eigenvalue weighted by atomic mass is 10.1. The molecule has 3 aromatic rings. The molecule has 2 heterocycles. The first-order valence-corrected chi connectivity index (χ1v) is 7.49. The highest BCUT2D eigenvalue weighted by atomic mass is 79.9. The van der Waals surface area contributed by atoms with Crippen molar-refractivity contribution in [3.63, 3.8) is 0 Å². The molecule has 21 heavy (non-hydrogen) atoms. The Hall–Kier alpha value is -2.14. The minimum Gasteiger partial charge on any atom is -0.326 e. The van der Waals surface area contributed by atoms with Gasteiger partial charge in [0.1, 0.15) is 5.65 Å². The second-order valence-corrected chi connectivity index (χ2v) is 5.63. The highest BCUT2D eigenvalue weighted by Gasteiger charge is 2.05. The minimum atomic E-state index is 0.0142. The SMILES string of the molecule is CCC(=O)Nc1ccc(-c2cn3cc(Br)ccc3n2)cc1. The number of carbonyl (C=O) groups excluding carboxylic acids is 1. The number of hydrogen-bond donors (Lipinski definition) is 1.